The fraction of sp³-hybridized carbons (Fsp3) is 0.286. The molecule has 0 bridgehead atoms. The van der Waals surface area contributed by atoms with E-state index in [0.29, 0.717) is 10.9 Å². The van der Waals surface area contributed by atoms with Crippen LogP contribution in [0.1, 0.15) is 10.5 Å². The van der Waals surface area contributed by atoms with E-state index in [1.165, 1.54) is 31.6 Å². The molecule has 0 radical (unpaired) electrons. The van der Waals surface area contributed by atoms with E-state index in [2.05, 4.69) is 4.98 Å². The summed E-state index contributed by atoms with van der Waals surface area (Å²) in [4.78, 5) is 15.6. The second-order valence-electron chi connectivity index (χ2n) is 4.81. The lowest BCUT2D eigenvalue weighted by atomic mass is 10.3. The van der Waals surface area contributed by atoms with Crippen LogP contribution in [0.3, 0.4) is 0 Å². The first-order valence-corrected chi connectivity index (χ1v) is 9.16. The Balaban J connectivity index is 1.82. The summed E-state index contributed by atoms with van der Waals surface area (Å²) in [5.41, 5.74) is 5.60. The van der Waals surface area contributed by atoms with E-state index in [1.54, 1.807) is 12.1 Å². The predicted octanol–water partition coefficient (Wildman–Crippen LogP) is 1.21. The highest BCUT2D eigenvalue weighted by Crippen LogP contribution is 2.18. The number of aromatic nitrogens is 1. The zero-order valence-corrected chi connectivity index (χ0v) is 14.8. The van der Waals surface area contributed by atoms with Gasteiger partial charge in [0.25, 0.3) is 0 Å². The van der Waals surface area contributed by atoms with Gasteiger partial charge >= 0.3 is 5.97 Å². The molecular formula is C14H17N3O5S2. The van der Waals surface area contributed by atoms with Crippen molar-refractivity contribution in [3.8, 4) is 5.75 Å². The van der Waals surface area contributed by atoms with Crippen molar-refractivity contribution < 1.29 is 22.7 Å². The van der Waals surface area contributed by atoms with Gasteiger partial charge in [0, 0.05) is 19.5 Å². The van der Waals surface area contributed by atoms with Crippen LogP contribution in [-0.4, -0.2) is 51.0 Å². The highest BCUT2D eigenvalue weighted by atomic mass is 32.2. The average Bonchev–Trinajstić information content (AvgIpc) is 2.98. The van der Waals surface area contributed by atoms with Gasteiger partial charge in [0.2, 0.25) is 10.0 Å². The Kier molecular flexibility index (Phi) is 5.75. The number of hydrogen-bond acceptors (Lipinski definition) is 8. The normalized spacial score (nSPS) is 11.5. The van der Waals surface area contributed by atoms with Crippen LogP contribution < -0.4 is 10.5 Å². The number of benzene rings is 1. The number of nitrogens with two attached hydrogens (primary N) is 1. The summed E-state index contributed by atoms with van der Waals surface area (Å²) in [6.07, 6.45) is 0. The predicted molar refractivity (Wildman–Crippen MR) is 89.6 cm³/mol. The minimum atomic E-state index is -3.47. The highest BCUT2D eigenvalue weighted by Gasteiger charge is 2.16. The standard InChI is InChI=1S/C14H17N3O5S2/c1-17(2)24(19,20)11-5-3-10(4-6-11)21-7-8-22-13(18)12-9-23-14(15)16-12/h3-6,9H,7-8H2,1-2H3,(H2,15,16). The molecular weight excluding hydrogens is 354 g/mol. The lowest BCUT2D eigenvalue weighted by Gasteiger charge is -2.12. The SMILES string of the molecule is CN(C)S(=O)(=O)c1ccc(OCCOC(=O)c2csc(N)n2)cc1. The molecule has 0 spiro atoms. The molecule has 1 aromatic heterocycles. The van der Waals surface area contributed by atoms with E-state index in [0.717, 1.165) is 15.6 Å². The maximum atomic E-state index is 11.9. The molecule has 8 nitrogen and oxygen atoms in total. The van der Waals surface area contributed by atoms with Crippen molar-refractivity contribution in [2.75, 3.05) is 33.0 Å². The summed E-state index contributed by atoms with van der Waals surface area (Å²) in [5, 5.41) is 1.81. The molecule has 1 aromatic carbocycles. The zero-order valence-electron chi connectivity index (χ0n) is 13.1. The largest absolute Gasteiger partial charge is 0.490 e. The van der Waals surface area contributed by atoms with Gasteiger partial charge in [-0.3, -0.25) is 0 Å². The van der Waals surface area contributed by atoms with Crippen LogP contribution in [0.2, 0.25) is 0 Å². The van der Waals surface area contributed by atoms with Gasteiger partial charge in [-0.05, 0) is 24.3 Å². The third-order valence-corrected chi connectivity index (χ3v) is 5.42. The zero-order chi connectivity index (χ0) is 17.7. The number of sulfonamides is 1. The molecule has 130 valence electrons. The summed E-state index contributed by atoms with van der Waals surface area (Å²) < 4.78 is 35.4. The fourth-order valence-electron chi connectivity index (χ4n) is 1.67. The third-order valence-electron chi connectivity index (χ3n) is 2.92. The number of hydrogen-bond donors (Lipinski definition) is 1. The maximum Gasteiger partial charge on any atom is 0.358 e. The van der Waals surface area contributed by atoms with Crippen molar-refractivity contribution in [2.45, 2.75) is 4.90 Å². The summed E-state index contributed by atoms with van der Waals surface area (Å²) in [7, 11) is -0.542. The second kappa shape index (κ2) is 7.60. The molecule has 0 saturated carbocycles. The van der Waals surface area contributed by atoms with E-state index in [9.17, 15) is 13.2 Å². The Labute approximate surface area is 143 Å². The molecule has 2 N–H and O–H groups in total. The van der Waals surface area contributed by atoms with Gasteiger partial charge in [-0.1, -0.05) is 0 Å². The van der Waals surface area contributed by atoms with Crippen molar-refractivity contribution in [2.24, 2.45) is 0 Å². The van der Waals surface area contributed by atoms with Crippen LogP contribution >= 0.6 is 11.3 Å². The molecule has 0 amide bonds. The monoisotopic (exact) mass is 371 g/mol. The molecule has 0 fully saturated rings. The van der Waals surface area contributed by atoms with Crippen LogP contribution in [0.15, 0.2) is 34.5 Å². The molecule has 2 rings (SSSR count). The number of anilines is 1. The van der Waals surface area contributed by atoms with E-state index >= 15 is 0 Å². The van der Waals surface area contributed by atoms with Gasteiger partial charge in [-0.25, -0.2) is 22.5 Å². The molecule has 10 heteroatoms. The van der Waals surface area contributed by atoms with Crippen LogP contribution in [0.5, 0.6) is 5.75 Å². The van der Waals surface area contributed by atoms with Gasteiger partial charge in [0.15, 0.2) is 10.8 Å². The minimum absolute atomic E-state index is 0.0357. The number of rotatable bonds is 7. The Hall–Kier alpha value is -2.17. The Morgan fingerprint density at radius 2 is 1.92 bits per heavy atom. The first kappa shape index (κ1) is 18.2. The van der Waals surface area contributed by atoms with Crippen molar-refractivity contribution in [3.05, 3.63) is 35.3 Å². The molecule has 2 aromatic rings. The number of nitrogens with zero attached hydrogens (tertiary/aromatic N) is 2. The molecule has 0 aliphatic carbocycles. The second-order valence-corrected chi connectivity index (χ2v) is 7.86. The third kappa shape index (κ3) is 4.43. The minimum Gasteiger partial charge on any atom is -0.490 e. The summed E-state index contributed by atoms with van der Waals surface area (Å²) >= 11 is 1.16. The van der Waals surface area contributed by atoms with Crippen molar-refractivity contribution >= 4 is 32.5 Å². The molecule has 24 heavy (non-hydrogen) atoms. The molecule has 0 aliphatic rings. The highest BCUT2D eigenvalue weighted by molar-refractivity contribution is 7.89. The number of ether oxygens (including phenoxy) is 2. The van der Waals surface area contributed by atoms with Gasteiger partial charge < -0.3 is 15.2 Å². The first-order chi connectivity index (χ1) is 11.3. The fourth-order valence-corrected chi connectivity index (χ4v) is 3.10. The Morgan fingerprint density at radius 1 is 1.25 bits per heavy atom. The smallest absolute Gasteiger partial charge is 0.358 e. The number of thiazole rings is 1. The van der Waals surface area contributed by atoms with Crippen molar-refractivity contribution in [1.29, 1.82) is 0 Å². The van der Waals surface area contributed by atoms with E-state index < -0.39 is 16.0 Å². The van der Waals surface area contributed by atoms with Crippen LogP contribution in [0.25, 0.3) is 0 Å². The number of carbonyl (C=O) groups excluding carboxylic acids is 1. The number of nitrogen functional groups attached to an aromatic ring is 1. The molecule has 0 atom stereocenters. The molecule has 0 unspecified atom stereocenters. The maximum absolute atomic E-state index is 11.9. The van der Waals surface area contributed by atoms with Crippen molar-refractivity contribution in [1.82, 2.24) is 9.29 Å². The van der Waals surface area contributed by atoms with Gasteiger partial charge in [-0.15, -0.1) is 11.3 Å². The lowest BCUT2D eigenvalue weighted by Crippen LogP contribution is -2.22. The topological polar surface area (TPSA) is 112 Å². The van der Waals surface area contributed by atoms with Gasteiger partial charge in [-0.2, -0.15) is 0 Å². The average molecular weight is 371 g/mol. The summed E-state index contributed by atoms with van der Waals surface area (Å²) in [6.45, 7) is 0.166. The van der Waals surface area contributed by atoms with E-state index in [-0.39, 0.29) is 23.8 Å². The Bertz CT molecular complexity index is 800. The summed E-state index contributed by atoms with van der Waals surface area (Å²) in [5.74, 6) is -0.0966. The molecule has 0 aliphatic heterocycles. The summed E-state index contributed by atoms with van der Waals surface area (Å²) in [6, 6.07) is 5.99. The van der Waals surface area contributed by atoms with E-state index in [4.69, 9.17) is 15.2 Å². The van der Waals surface area contributed by atoms with E-state index in [1.807, 2.05) is 0 Å². The lowest BCUT2D eigenvalue weighted by molar-refractivity contribution is 0.0444. The molecule has 0 saturated heterocycles. The van der Waals surface area contributed by atoms with Crippen LogP contribution in [0, 0.1) is 0 Å². The van der Waals surface area contributed by atoms with Crippen LogP contribution in [-0.2, 0) is 14.8 Å². The van der Waals surface area contributed by atoms with Crippen molar-refractivity contribution in [3.63, 3.8) is 0 Å². The number of carbonyl (C=O) groups is 1. The van der Waals surface area contributed by atoms with Gasteiger partial charge in [0.1, 0.15) is 19.0 Å². The molecule has 1 heterocycles. The Morgan fingerprint density at radius 3 is 2.46 bits per heavy atom. The van der Waals surface area contributed by atoms with Crippen LogP contribution in [0.4, 0.5) is 5.13 Å². The van der Waals surface area contributed by atoms with Gasteiger partial charge in [0.05, 0.1) is 4.90 Å². The quantitative estimate of drug-likeness (QED) is 0.575. The first-order valence-electron chi connectivity index (χ1n) is 6.84. The number of esters is 1.